The SMILES string of the molecule is COCCN1CCC2(CCN(CCc3nc4ccc(F)cc4[nH]3)C2)C1=O. The number of aromatic amines is 1. The predicted molar refractivity (Wildman–Crippen MR) is 96.3 cm³/mol. The van der Waals surface area contributed by atoms with E-state index in [2.05, 4.69) is 14.9 Å². The topological polar surface area (TPSA) is 61.5 Å². The number of aromatic nitrogens is 2. The van der Waals surface area contributed by atoms with Crippen molar-refractivity contribution in [2.45, 2.75) is 19.3 Å². The van der Waals surface area contributed by atoms with Crippen molar-refractivity contribution in [3.05, 3.63) is 29.8 Å². The molecule has 2 aliphatic rings. The van der Waals surface area contributed by atoms with Gasteiger partial charge in [-0.05, 0) is 37.6 Å². The van der Waals surface area contributed by atoms with Crippen molar-refractivity contribution < 1.29 is 13.9 Å². The Hall–Kier alpha value is -1.99. The van der Waals surface area contributed by atoms with Crippen molar-refractivity contribution in [3.63, 3.8) is 0 Å². The van der Waals surface area contributed by atoms with Crippen LogP contribution >= 0.6 is 0 Å². The molecule has 1 N–H and O–H groups in total. The van der Waals surface area contributed by atoms with E-state index in [1.807, 2.05) is 4.90 Å². The van der Waals surface area contributed by atoms with Crippen LogP contribution in [0.4, 0.5) is 4.39 Å². The van der Waals surface area contributed by atoms with Crippen LogP contribution in [0.2, 0.25) is 0 Å². The average molecular weight is 360 g/mol. The van der Waals surface area contributed by atoms with Gasteiger partial charge in [-0.1, -0.05) is 0 Å². The van der Waals surface area contributed by atoms with E-state index in [0.717, 1.165) is 62.3 Å². The maximum absolute atomic E-state index is 13.3. The molecule has 2 aromatic rings. The average Bonchev–Trinajstić information content (AvgIpc) is 3.31. The third-order valence-corrected chi connectivity index (χ3v) is 5.76. The highest BCUT2D eigenvalue weighted by molar-refractivity contribution is 5.85. The Bertz CT molecular complexity index is 808. The number of hydrogen-bond donors (Lipinski definition) is 1. The molecule has 0 aliphatic carbocycles. The summed E-state index contributed by atoms with van der Waals surface area (Å²) in [6.07, 6.45) is 2.64. The minimum absolute atomic E-state index is 0.204. The van der Waals surface area contributed by atoms with E-state index in [1.54, 1.807) is 13.2 Å². The summed E-state index contributed by atoms with van der Waals surface area (Å²) in [7, 11) is 1.67. The van der Waals surface area contributed by atoms with Gasteiger partial charge in [-0.3, -0.25) is 4.79 Å². The number of nitrogens with one attached hydrogen (secondary N) is 1. The minimum atomic E-state index is -0.257. The van der Waals surface area contributed by atoms with Gasteiger partial charge in [-0.25, -0.2) is 9.37 Å². The molecule has 0 bridgehead atoms. The second kappa shape index (κ2) is 6.96. The number of rotatable bonds is 6. The van der Waals surface area contributed by atoms with Gasteiger partial charge in [0.2, 0.25) is 5.91 Å². The van der Waals surface area contributed by atoms with E-state index >= 15 is 0 Å². The van der Waals surface area contributed by atoms with E-state index in [0.29, 0.717) is 13.2 Å². The molecule has 1 unspecified atom stereocenters. The van der Waals surface area contributed by atoms with Crippen LogP contribution < -0.4 is 0 Å². The van der Waals surface area contributed by atoms with E-state index in [-0.39, 0.29) is 17.1 Å². The molecule has 1 amide bonds. The van der Waals surface area contributed by atoms with Gasteiger partial charge in [-0.15, -0.1) is 0 Å². The van der Waals surface area contributed by atoms with Crippen LogP contribution in [0.1, 0.15) is 18.7 Å². The molecule has 140 valence electrons. The zero-order chi connectivity index (χ0) is 18.1. The third-order valence-electron chi connectivity index (χ3n) is 5.76. The minimum Gasteiger partial charge on any atom is -0.383 e. The lowest BCUT2D eigenvalue weighted by molar-refractivity contribution is -0.136. The zero-order valence-corrected chi connectivity index (χ0v) is 15.1. The Balaban J connectivity index is 1.35. The van der Waals surface area contributed by atoms with Gasteiger partial charge >= 0.3 is 0 Å². The number of carbonyl (C=O) groups is 1. The van der Waals surface area contributed by atoms with Crippen molar-refractivity contribution in [3.8, 4) is 0 Å². The Morgan fingerprint density at radius 3 is 3.00 bits per heavy atom. The molecule has 0 radical (unpaired) electrons. The molecular weight excluding hydrogens is 335 g/mol. The van der Waals surface area contributed by atoms with Crippen LogP contribution in [0, 0.1) is 11.2 Å². The van der Waals surface area contributed by atoms with Crippen molar-refractivity contribution in [2.75, 3.05) is 46.4 Å². The summed E-state index contributed by atoms with van der Waals surface area (Å²) in [6.45, 7) is 4.74. The maximum Gasteiger partial charge on any atom is 0.230 e. The number of hydrogen-bond acceptors (Lipinski definition) is 4. The molecule has 3 heterocycles. The van der Waals surface area contributed by atoms with Crippen LogP contribution in [0.5, 0.6) is 0 Å². The van der Waals surface area contributed by atoms with Gasteiger partial charge in [0.1, 0.15) is 11.6 Å². The fourth-order valence-corrected chi connectivity index (χ4v) is 4.25. The molecule has 26 heavy (non-hydrogen) atoms. The van der Waals surface area contributed by atoms with Crippen LogP contribution in [0.15, 0.2) is 18.2 Å². The number of fused-ring (bicyclic) bond motifs is 1. The van der Waals surface area contributed by atoms with E-state index in [1.165, 1.54) is 12.1 Å². The number of ether oxygens (including phenoxy) is 1. The van der Waals surface area contributed by atoms with Crippen LogP contribution in [-0.4, -0.2) is 72.1 Å². The van der Waals surface area contributed by atoms with E-state index < -0.39 is 0 Å². The van der Waals surface area contributed by atoms with Crippen LogP contribution in [0.3, 0.4) is 0 Å². The molecule has 1 spiro atoms. The van der Waals surface area contributed by atoms with Crippen molar-refractivity contribution in [1.29, 1.82) is 0 Å². The van der Waals surface area contributed by atoms with Crippen molar-refractivity contribution in [2.24, 2.45) is 5.41 Å². The molecule has 4 rings (SSSR count). The molecule has 2 fully saturated rings. The number of methoxy groups -OCH3 is 1. The number of imidazole rings is 1. The summed E-state index contributed by atoms with van der Waals surface area (Å²) in [5, 5.41) is 0. The highest BCUT2D eigenvalue weighted by Crippen LogP contribution is 2.40. The summed E-state index contributed by atoms with van der Waals surface area (Å²) in [5.41, 5.74) is 1.32. The highest BCUT2D eigenvalue weighted by Gasteiger charge is 2.50. The lowest BCUT2D eigenvalue weighted by Crippen LogP contribution is -2.38. The monoisotopic (exact) mass is 360 g/mol. The van der Waals surface area contributed by atoms with Gasteiger partial charge in [0.15, 0.2) is 0 Å². The first kappa shape index (κ1) is 17.4. The normalized spacial score (nSPS) is 23.8. The predicted octanol–water partition coefficient (Wildman–Crippen LogP) is 1.82. The number of halogens is 1. The molecule has 1 aromatic heterocycles. The maximum atomic E-state index is 13.3. The second-order valence-electron chi connectivity index (χ2n) is 7.44. The summed E-state index contributed by atoms with van der Waals surface area (Å²) in [6, 6.07) is 4.60. The highest BCUT2D eigenvalue weighted by atomic mass is 19.1. The fraction of sp³-hybridized carbons (Fsp3) is 0.579. The summed E-state index contributed by atoms with van der Waals surface area (Å²) in [4.78, 5) is 24.8. The summed E-state index contributed by atoms with van der Waals surface area (Å²) >= 11 is 0. The standard InChI is InChI=1S/C19H25FN4O2/c1-26-11-10-24-9-6-19(18(24)25)5-8-23(13-19)7-4-17-21-15-3-2-14(20)12-16(15)22-17/h2-3,12H,4-11,13H2,1H3,(H,21,22). The number of likely N-dealkylation sites (tertiary alicyclic amines) is 2. The van der Waals surface area contributed by atoms with E-state index in [4.69, 9.17) is 4.74 Å². The first-order valence-corrected chi connectivity index (χ1v) is 9.24. The van der Waals surface area contributed by atoms with E-state index in [9.17, 15) is 9.18 Å². The number of H-pyrrole nitrogens is 1. The Morgan fingerprint density at radius 1 is 1.31 bits per heavy atom. The van der Waals surface area contributed by atoms with Crippen molar-refractivity contribution >= 4 is 16.9 Å². The fourth-order valence-electron chi connectivity index (χ4n) is 4.25. The number of nitrogens with zero attached hydrogens (tertiary/aromatic N) is 3. The smallest absolute Gasteiger partial charge is 0.230 e. The summed E-state index contributed by atoms with van der Waals surface area (Å²) in [5.74, 6) is 0.897. The molecule has 1 aromatic carbocycles. The molecular formula is C19H25FN4O2. The molecule has 2 aliphatic heterocycles. The molecule has 1 atom stereocenters. The Kier molecular flexibility index (Phi) is 4.67. The van der Waals surface area contributed by atoms with Gasteiger partial charge in [0.25, 0.3) is 0 Å². The lowest BCUT2D eigenvalue weighted by Gasteiger charge is -2.23. The number of carbonyl (C=O) groups excluding carboxylic acids is 1. The van der Waals surface area contributed by atoms with Gasteiger partial charge in [0, 0.05) is 39.7 Å². The summed E-state index contributed by atoms with van der Waals surface area (Å²) < 4.78 is 18.4. The first-order valence-electron chi connectivity index (χ1n) is 9.24. The van der Waals surface area contributed by atoms with Crippen LogP contribution in [-0.2, 0) is 16.0 Å². The molecule has 7 heteroatoms. The lowest BCUT2D eigenvalue weighted by atomic mass is 9.85. The quantitative estimate of drug-likeness (QED) is 0.854. The van der Waals surface area contributed by atoms with Crippen molar-refractivity contribution in [1.82, 2.24) is 19.8 Å². The van der Waals surface area contributed by atoms with Gasteiger partial charge in [0.05, 0.1) is 23.1 Å². The third kappa shape index (κ3) is 3.21. The second-order valence-corrected chi connectivity index (χ2v) is 7.44. The Morgan fingerprint density at radius 2 is 2.15 bits per heavy atom. The Labute approximate surface area is 152 Å². The number of amides is 1. The molecule has 6 nitrogen and oxygen atoms in total. The van der Waals surface area contributed by atoms with Crippen LogP contribution in [0.25, 0.3) is 11.0 Å². The largest absolute Gasteiger partial charge is 0.383 e. The molecule has 2 saturated heterocycles. The first-order chi connectivity index (χ1) is 12.6. The van der Waals surface area contributed by atoms with Gasteiger partial charge < -0.3 is 19.5 Å². The zero-order valence-electron chi connectivity index (χ0n) is 15.1. The molecule has 0 saturated carbocycles. The number of benzene rings is 1. The van der Waals surface area contributed by atoms with Gasteiger partial charge in [-0.2, -0.15) is 0 Å².